The van der Waals surface area contributed by atoms with Gasteiger partial charge in [0.15, 0.2) is 0 Å². The Kier molecular flexibility index (Phi) is 3.95. The minimum absolute atomic E-state index is 0.0917. The number of rotatable bonds is 4. The van der Waals surface area contributed by atoms with Crippen molar-refractivity contribution in [1.29, 1.82) is 0 Å². The van der Waals surface area contributed by atoms with E-state index in [0.29, 0.717) is 0 Å². The third kappa shape index (κ3) is 3.27. The fourth-order valence-electron chi connectivity index (χ4n) is 0.476. The van der Waals surface area contributed by atoms with E-state index in [1.807, 2.05) is 5.32 Å². The number of hydrogen-bond donors (Lipinski definition) is 2. The van der Waals surface area contributed by atoms with Gasteiger partial charge in [-0.15, -0.1) is 0 Å². The molecule has 0 aromatic heterocycles. The molecule has 1 amide bonds. The normalized spacial score (nSPS) is 11.3. The minimum atomic E-state index is -3.25. The number of nitrogens with two attached hydrogens (primary N) is 1. The summed E-state index contributed by atoms with van der Waals surface area (Å²) in [6.07, 6.45) is -0.483. The smallest absolute Gasteiger partial charge is 0.324 e. The van der Waals surface area contributed by atoms with Crippen molar-refractivity contribution in [3.63, 3.8) is 0 Å². The van der Waals surface area contributed by atoms with Crippen LogP contribution in [-0.2, 0) is 4.79 Å². The van der Waals surface area contributed by atoms with E-state index in [9.17, 15) is 13.6 Å². The predicted molar refractivity (Wildman–Crippen MR) is 37.3 cm³/mol. The lowest BCUT2D eigenvalue weighted by molar-refractivity contribution is -0.145. The maximum absolute atomic E-state index is 12.4. The number of hydrogen-bond acceptors (Lipinski definition) is 2. The quantitative estimate of drug-likeness (QED) is 0.622. The van der Waals surface area contributed by atoms with Crippen molar-refractivity contribution in [3.05, 3.63) is 0 Å². The highest BCUT2D eigenvalue weighted by Crippen LogP contribution is 2.16. The van der Waals surface area contributed by atoms with Gasteiger partial charge in [0.25, 0.3) is 5.91 Å². The van der Waals surface area contributed by atoms with Crippen LogP contribution in [0.25, 0.3) is 0 Å². The average molecular weight is 166 g/mol. The lowest BCUT2D eigenvalue weighted by atomic mass is 10.2. The molecule has 0 radical (unpaired) electrons. The summed E-state index contributed by atoms with van der Waals surface area (Å²) < 4.78 is 24.8. The van der Waals surface area contributed by atoms with Crippen LogP contribution < -0.4 is 11.1 Å². The van der Waals surface area contributed by atoms with E-state index in [1.165, 1.54) is 6.92 Å². The van der Waals surface area contributed by atoms with Crippen molar-refractivity contribution in [2.45, 2.75) is 19.3 Å². The summed E-state index contributed by atoms with van der Waals surface area (Å²) in [5.41, 5.74) is 5.00. The molecule has 0 spiro atoms. The first-order chi connectivity index (χ1) is 5.04. The van der Waals surface area contributed by atoms with Crippen molar-refractivity contribution >= 4 is 5.91 Å². The lowest BCUT2D eigenvalue weighted by Gasteiger charge is -2.12. The topological polar surface area (TPSA) is 55.1 Å². The molecule has 5 heteroatoms. The Balaban J connectivity index is 3.82. The van der Waals surface area contributed by atoms with E-state index in [2.05, 4.69) is 0 Å². The summed E-state index contributed by atoms with van der Waals surface area (Å²) in [4.78, 5) is 10.5. The SMILES string of the molecule is CCC(F)(F)C(=O)NCCN. The van der Waals surface area contributed by atoms with Crippen LogP contribution in [0, 0.1) is 0 Å². The first-order valence-corrected chi connectivity index (χ1v) is 3.40. The van der Waals surface area contributed by atoms with Crippen LogP contribution in [0.5, 0.6) is 0 Å². The molecule has 0 aliphatic rings. The maximum Gasteiger partial charge on any atom is 0.324 e. The standard InChI is InChI=1S/C6H12F2N2O/c1-2-6(7,8)5(11)10-4-3-9/h2-4,9H2,1H3,(H,10,11). The second-order valence-electron chi connectivity index (χ2n) is 2.10. The highest BCUT2D eigenvalue weighted by atomic mass is 19.3. The molecule has 0 unspecified atom stereocenters. The van der Waals surface area contributed by atoms with Gasteiger partial charge in [-0.05, 0) is 0 Å². The maximum atomic E-state index is 12.4. The molecule has 0 rings (SSSR count). The summed E-state index contributed by atoms with van der Waals surface area (Å²) >= 11 is 0. The Hall–Kier alpha value is -0.710. The van der Waals surface area contributed by atoms with Crippen LogP contribution in [0.3, 0.4) is 0 Å². The zero-order valence-corrected chi connectivity index (χ0v) is 6.36. The first kappa shape index (κ1) is 10.3. The van der Waals surface area contributed by atoms with Gasteiger partial charge in [-0.3, -0.25) is 4.79 Å². The molecule has 0 aliphatic heterocycles. The third-order valence-electron chi connectivity index (χ3n) is 1.21. The van der Waals surface area contributed by atoms with Crippen molar-refractivity contribution in [2.24, 2.45) is 5.73 Å². The number of alkyl halides is 2. The van der Waals surface area contributed by atoms with Gasteiger partial charge in [0.2, 0.25) is 0 Å². The Morgan fingerprint density at radius 2 is 2.18 bits per heavy atom. The van der Waals surface area contributed by atoms with Gasteiger partial charge in [0.05, 0.1) is 0 Å². The van der Waals surface area contributed by atoms with Gasteiger partial charge in [0.1, 0.15) is 0 Å². The summed E-state index contributed by atoms with van der Waals surface area (Å²) in [6.45, 7) is 1.52. The minimum Gasteiger partial charge on any atom is -0.350 e. The molecule has 11 heavy (non-hydrogen) atoms. The van der Waals surface area contributed by atoms with Gasteiger partial charge in [0, 0.05) is 19.5 Å². The van der Waals surface area contributed by atoms with E-state index in [1.54, 1.807) is 0 Å². The van der Waals surface area contributed by atoms with Crippen LogP contribution in [0.4, 0.5) is 8.78 Å². The molecular formula is C6H12F2N2O. The second-order valence-corrected chi connectivity index (χ2v) is 2.10. The fraction of sp³-hybridized carbons (Fsp3) is 0.833. The largest absolute Gasteiger partial charge is 0.350 e. The molecular weight excluding hydrogens is 154 g/mol. The number of carbonyl (C=O) groups is 1. The summed E-state index contributed by atoms with van der Waals surface area (Å²) in [7, 11) is 0. The Morgan fingerprint density at radius 1 is 1.64 bits per heavy atom. The predicted octanol–water partition coefficient (Wildman–Crippen LogP) is 0.107. The number of amides is 1. The lowest BCUT2D eigenvalue weighted by Crippen LogP contribution is -2.41. The second kappa shape index (κ2) is 4.23. The van der Waals surface area contributed by atoms with E-state index in [-0.39, 0.29) is 13.1 Å². The molecule has 0 aromatic carbocycles. The molecule has 0 aromatic rings. The van der Waals surface area contributed by atoms with Gasteiger partial charge in [-0.1, -0.05) is 6.92 Å². The number of halogens is 2. The molecule has 0 bridgehead atoms. The van der Waals surface area contributed by atoms with E-state index in [0.717, 1.165) is 0 Å². The number of carbonyl (C=O) groups excluding carboxylic acids is 1. The molecule has 0 aliphatic carbocycles. The van der Waals surface area contributed by atoms with Crippen LogP contribution in [0.1, 0.15) is 13.3 Å². The van der Waals surface area contributed by atoms with Crippen molar-refractivity contribution < 1.29 is 13.6 Å². The molecule has 0 atom stereocenters. The Labute approximate surface area is 63.9 Å². The fourth-order valence-corrected chi connectivity index (χ4v) is 0.476. The monoisotopic (exact) mass is 166 g/mol. The summed E-state index contributed by atoms with van der Waals surface area (Å²) in [5, 5.41) is 2.01. The van der Waals surface area contributed by atoms with Gasteiger partial charge >= 0.3 is 5.92 Å². The van der Waals surface area contributed by atoms with Crippen LogP contribution in [0.15, 0.2) is 0 Å². The Bertz CT molecular complexity index is 139. The summed E-state index contributed by atoms with van der Waals surface area (Å²) in [6, 6.07) is 0. The Morgan fingerprint density at radius 3 is 2.55 bits per heavy atom. The molecule has 66 valence electrons. The third-order valence-corrected chi connectivity index (χ3v) is 1.21. The highest BCUT2D eigenvalue weighted by molar-refractivity contribution is 5.83. The van der Waals surface area contributed by atoms with Crippen molar-refractivity contribution in [1.82, 2.24) is 5.32 Å². The van der Waals surface area contributed by atoms with Crippen molar-refractivity contribution in [2.75, 3.05) is 13.1 Å². The van der Waals surface area contributed by atoms with Crippen LogP contribution in [-0.4, -0.2) is 24.9 Å². The zero-order chi connectivity index (χ0) is 8.91. The van der Waals surface area contributed by atoms with E-state index < -0.39 is 18.3 Å². The zero-order valence-electron chi connectivity index (χ0n) is 6.36. The molecule has 3 N–H and O–H groups in total. The van der Waals surface area contributed by atoms with Crippen LogP contribution in [0.2, 0.25) is 0 Å². The molecule has 0 fully saturated rings. The molecule has 0 saturated heterocycles. The molecule has 3 nitrogen and oxygen atoms in total. The average Bonchev–Trinajstić information content (AvgIpc) is 2.00. The first-order valence-electron chi connectivity index (χ1n) is 3.40. The number of nitrogens with one attached hydrogen (secondary N) is 1. The van der Waals surface area contributed by atoms with Crippen molar-refractivity contribution in [3.8, 4) is 0 Å². The van der Waals surface area contributed by atoms with Gasteiger partial charge in [-0.25, -0.2) is 0 Å². The molecule has 0 heterocycles. The van der Waals surface area contributed by atoms with E-state index in [4.69, 9.17) is 5.73 Å². The highest BCUT2D eigenvalue weighted by Gasteiger charge is 2.35. The summed E-state index contributed by atoms with van der Waals surface area (Å²) in [5.74, 6) is -4.50. The van der Waals surface area contributed by atoms with E-state index >= 15 is 0 Å². The van der Waals surface area contributed by atoms with Gasteiger partial charge < -0.3 is 11.1 Å². The van der Waals surface area contributed by atoms with Gasteiger partial charge in [-0.2, -0.15) is 8.78 Å². The molecule has 0 saturated carbocycles. The van der Waals surface area contributed by atoms with Crippen LogP contribution >= 0.6 is 0 Å².